The van der Waals surface area contributed by atoms with Crippen LogP contribution in [0.25, 0.3) is 11.2 Å². The predicted molar refractivity (Wildman–Crippen MR) is 71.2 cm³/mol. The summed E-state index contributed by atoms with van der Waals surface area (Å²) < 4.78 is 11.3. The first kappa shape index (κ1) is 11.9. The lowest BCUT2D eigenvalue weighted by Gasteiger charge is -2.23. The molecular formula is C10H12ClN5OS. The maximum absolute atomic E-state index is 11.3. The summed E-state index contributed by atoms with van der Waals surface area (Å²) in [5, 5.41) is 3.51. The minimum Gasteiger partial charge on any atom is -0.365 e. The Morgan fingerprint density at radius 3 is 2.94 bits per heavy atom. The first-order chi connectivity index (χ1) is 8.72. The molecule has 0 unspecified atom stereocenters. The number of aromatic amines is 1. The molecule has 1 aliphatic rings. The number of aromatic nitrogens is 4. The number of H-pyrrole nitrogens is 1. The van der Waals surface area contributed by atoms with Gasteiger partial charge in [-0.2, -0.15) is 9.97 Å². The van der Waals surface area contributed by atoms with Gasteiger partial charge < -0.3 is 10.3 Å². The van der Waals surface area contributed by atoms with E-state index in [0.717, 1.165) is 29.9 Å². The van der Waals surface area contributed by atoms with Gasteiger partial charge >= 0.3 is 0 Å². The Morgan fingerprint density at radius 1 is 1.39 bits per heavy atom. The summed E-state index contributed by atoms with van der Waals surface area (Å²) in [6.45, 7) is 0. The Hall–Kier alpha value is -1.21. The first-order valence-electron chi connectivity index (χ1n) is 5.70. The maximum atomic E-state index is 11.3. The molecule has 18 heavy (non-hydrogen) atoms. The maximum Gasteiger partial charge on any atom is 0.226 e. The molecule has 0 saturated carbocycles. The third-order valence-corrected chi connectivity index (χ3v) is 4.54. The van der Waals surface area contributed by atoms with Gasteiger partial charge in [-0.05, 0) is 24.4 Å². The topological polar surface area (TPSA) is 83.6 Å². The molecule has 0 spiro atoms. The zero-order chi connectivity index (χ0) is 12.5. The van der Waals surface area contributed by atoms with E-state index in [-0.39, 0.29) is 11.3 Å². The van der Waals surface area contributed by atoms with Gasteiger partial charge in [0.25, 0.3) is 0 Å². The van der Waals surface area contributed by atoms with Crippen LogP contribution in [-0.2, 0) is 10.8 Å². The molecule has 0 radical (unpaired) electrons. The predicted octanol–water partition coefficient (Wildman–Crippen LogP) is 1.33. The third kappa shape index (κ3) is 2.32. The minimum atomic E-state index is -0.662. The van der Waals surface area contributed by atoms with Gasteiger partial charge in [-0.1, -0.05) is 0 Å². The molecule has 1 saturated heterocycles. The largest absolute Gasteiger partial charge is 0.365 e. The summed E-state index contributed by atoms with van der Waals surface area (Å²) in [5.74, 6) is 2.14. The molecule has 0 bridgehead atoms. The fourth-order valence-electron chi connectivity index (χ4n) is 2.04. The average Bonchev–Trinajstić information content (AvgIpc) is 2.80. The van der Waals surface area contributed by atoms with E-state index in [1.165, 1.54) is 0 Å². The fraction of sp³-hybridized carbons (Fsp3) is 0.500. The van der Waals surface area contributed by atoms with E-state index in [9.17, 15) is 4.21 Å². The molecule has 6 nitrogen and oxygen atoms in total. The standard InChI is InChI=1S/C10H12ClN5OS/c11-10-15-8-7(12-5-13-8)9(16-10)14-6-1-3-18(17)4-2-6/h5-6H,1-4H2,(H2,12,13,14,15,16). The Kier molecular flexibility index (Phi) is 3.17. The highest BCUT2D eigenvalue weighted by Gasteiger charge is 2.19. The highest BCUT2D eigenvalue weighted by molar-refractivity contribution is 7.85. The third-order valence-electron chi connectivity index (χ3n) is 2.99. The normalized spacial score (nSPS) is 24.3. The van der Waals surface area contributed by atoms with Crippen molar-refractivity contribution < 1.29 is 4.21 Å². The molecule has 0 aliphatic carbocycles. The van der Waals surface area contributed by atoms with Crippen LogP contribution >= 0.6 is 11.6 Å². The number of nitrogens with zero attached hydrogens (tertiary/aromatic N) is 3. The summed E-state index contributed by atoms with van der Waals surface area (Å²) in [4.78, 5) is 15.3. The summed E-state index contributed by atoms with van der Waals surface area (Å²) in [5.41, 5.74) is 1.31. The molecule has 2 aromatic rings. The van der Waals surface area contributed by atoms with Gasteiger partial charge in [-0.25, -0.2) is 4.98 Å². The Balaban J connectivity index is 1.85. The van der Waals surface area contributed by atoms with Crippen LogP contribution in [0.4, 0.5) is 5.82 Å². The van der Waals surface area contributed by atoms with Gasteiger partial charge in [0.05, 0.1) is 6.33 Å². The second-order valence-corrected chi connectivity index (χ2v) is 6.24. The molecular weight excluding hydrogens is 274 g/mol. The average molecular weight is 286 g/mol. The second-order valence-electron chi connectivity index (χ2n) is 4.21. The van der Waals surface area contributed by atoms with Crippen molar-refractivity contribution in [1.82, 2.24) is 19.9 Å². The van der Waals surface area contributed by atoms with E-state index in [0.29, 0.717) is 11.5 Å². The number of halogens is 1. The van der Waals surface area contributed by atoms with Crippen molar-refractivity contribution in [3.63, 3.8) is 0 Å². The van der Waals surface area contributed by atoms with Gasteiger partial charge in [0, 0.05) is 28.3 Å². The number of hydrogen-bond donors (Lipinski definition) is 2. The molecule has 0 atom stereocenters. The van der Waals surface area contributed by atoms with Crippen molar-refractivity contribution >= 4 is 39.4 Å². The molecule has 1 fully saturated rings. The van der Waals surface area contributed by atoms with Crippen LogP contribution in [0, 0.1) is 0 Å². The van der Waals surface area contributed by atoms with Crippen LogP contribution in [0.3, 0.4) is 0 Å². The van der Waals surface area contributed by atoms with Crippen molar-refractivity contribution in [1.29, 1.82) is 0 Å². The Morgan fingerprint density at radius 2 is 2.17 bits per heavy atom. The number of hydrogen-bond acceptors (Lipinski definition) is 5. The number of rotatable bonds is 2. The number of nitrogens with one attached hydrogen (secondary N) is 2. The zero-order valence-electron chi connectivity index (χ0n) is 9.52. The van der Waals surface area contributed by atoms with Gasteiger partial charge in [-0.3, -0.25) is 4.21 Å². The van der Waals surface area contributed by atoms with Crippen molar-refractivity contribution in [2.75, 3.05) is 16.8 Å². The van der Waals surface area contributed by atoms with Crippen LogP contribution in [-0.4, -0.2) is 41.7 Å². The van der Waals surface area contributed by atoms with Crippen molar-refractivity contribution in [2.24, 2.45) is 0 Å². The minimum absolute atomic E-state index is 0.177. The van der Waals surface area contributed by atoms with Crippen molar-refractivity contribution in [3.8, 4) is 0 Å². The molecule has 0 aromatic carbocycles. The summed E-state index contributed by atoms with van der Waals surface area (Å²) in [6.07, 6.45) is 3.32. The number of fused-ring (bicyclic) bond motifs is 1. The molecule has 1 aliphatic heterocycles. The van der Waals surface area contributed by atoms with Gasteiger partial charge in [0.2, 0.25) is 5.28 Å². The Labute approximate surface area is 111 Å². The van der Waals surface area contributed by atoms with Gasteiger partial charge in [-0.15, -0.1) is 0 Å². The molecule has 8 heteroatoms. The molecule has 3 rings (SSSR count). The van der Waals surface area contributed by atoms with E-state index >= 15 is 0 Å². The van der Waals surface area contributed by atoms with E-state index in [1.54, 1.807) is 6.33 Å². The Bertz CT molecular complexity index is 591. The summed E-state index contributed by atoms with van der Waals surface area (Å²) in [6, 6.07) is 0.278. The SMILES string of the molecule is O=S1CCC(Nc2nc(Cl)nc3nc[nH]c23)CC1. The van der Waals surface area contributed by atoms with Crippen LogP contribution in [0.2, 0.25) is 5.28 Å². The highest BCUT2D eigenvalue weighted by atomic mass is 35.5. The van der Waals surface area contributed by atoms with E-state index in [4.69, 9.17) is 11.6 Å². The summed E-state index contributed by atoms with van der Waals surface area (Å²) in [7, 11) is -0.662. The first-order valence-corrected chi connectivity index (χ1v) is 7.57. The molecule has 3 heterocycles. The van der Waals surface area contributed by atoms with E-state index in [1.807, 2.05) is 0 Å². The molecule has 2 aromatic heterocycles. The monoisotopic (exact) mass is 285 g/mol. The van der Waals surface area contributed by atoms with Crippen LogP contribution in [0.15, 0.2) is 6.33 Å². The summed E-state index contributed by atoms with van der Waals surface area (Å²) >= 11 is 5.86. The smallest absolute Gasteiger partial charge is 0.226 e. The highest BCUT2D eigenvalue weighted by Crippen LogP contribution is 2.22. The van der Waals surface area contributed by atoms with Gasteiger partial charge in [0.1, 0.15) is 5.52 Å². The number of imidazole rings is 1. The van der Waals surface area contributed by atoms with Crippen LogP contribution in [0.5, 0.6) is 0 Å². The van der Waals surface area contributed by atoms with Gasteiger partial charge in [0.15, 0.2) is 11.5 Å². The van der Waals surface area contributed by atoms with Crippen molar-refractivity contribution in [3.05, 3.63) is 11.6 Å². The molecule has 2 N–H and O–H groups in total. The fourth-order valence-corrected chi connectivity index (χ4v) is 3.51. The molecule has 0 amide bonds. The zero-order valence-corrected chi connectivity index (χ0v) is 11.1. The van der Waals surface area contributed by atoms with Crippen LogP contribution < -0.4 is 5.32 Å². The lowest BCUT2D eigenvalue weighted by molar-refractivity contribution is 0.623. The lowest BCUT2D eigenvalue weighted by Crippen LogP contribution is -2.29. The van der Waals surface area contributed by atoms with Crippen LogP contribution in [0.1, 0.15) is 12.8 Å². The quantitative estimate of drug-likeness (QED) is 0.813. The second kappa shape index (κ2) is 4.81. The van der Waals surface area contributed by atoms with E-state index < -0.39 is 10.8 Å². The molecule has 96 valence electrons. The number of anilines is 1. The lowest BCUT2D eigenvalue weighted by atomic mass is 10.1. The van der Waals surface area contributed by atoms with E-state index in [2.05, 4.69) is 25.3 Å². The van der Waals surface area contributed by atoms with Crippen molar-refractivity contribution in [2.45, 2.75) is 18.9 Å².